The highest BCUT2D eigenvalue weighted by Gasteiger charge is 2.03. The fourth-order valence-corrected chi connectivity index (χ4v) is 2.67. The van der Waals surface area contributed by atoms with Crippen molar-refractivity contribution in [2.24, 2.45) is 5.10 Å². The average Bonchev–Trinajstić information content (AvgIpc) is 2.92. The Balaban J connectivity index is 1.96. The van der Waals surface area contributed by atoms with Crippen LogP contribution in [0.25, 0.3) is 0 Å². The zero-order valence-electron chi connectivity index (χ0n) is 10.8. The van der Waals surface area contributed by atoms with E-state index in [1.165, 1.54) is 0 Å². The number of hydrazone groups is 1. The molecule has 0 saturated heterocycles. The summed E-state index contributed by atoms with van der Waals surface area (Å²) in [6, 6.07) is 9.42. The quantitative estimate of drug-likeness (QED) is 0.663. The predicted octanol–water partition coefficient (Wildman–Crippen LogP) is 3.21. The molecule has 0 saturated carbocycles. The van der Waals surface area contributed by atoms with Gasteiger partial charge in [-0.3, -0.25) is 4.79 Å². The van der Waals surface area contributed by atoms with Crippen molar-refractivity contribution >= 4 is 39.4 Å². The van der Waals surface area contributed by atoms with Gasteiger partial charge in [0.05, 0.1) is 19.7 Å². The van der Waals surface area contributed by atoms with Crippen LogP contribution in [0, 0.1) is 0 Å². The fraction of sp³-hybridized carbons (Fsp3) is 0.143. The molecule has 1 aromatic heterocycles. The van der Waals surface area contributed by atoms with E-state index < -0.39 is 0 Å². The smallest absolute Gasteiger partial charge is 0.245 e. The number of nitrogens with zero attached hydrogens (tertiary/aromatic N) is 1. The first-order valence-electron chi connectivity index (χ1n) is 5.87. The van der Waals surface area contributed by atoms with Crippen LogP contribution in [0.2, 0.25) is 0 Å². The summed E-state index contributed by atoms with van der Waals surface area (Å²) in [6.07, 6.45) is 1.90. The Hall–Kier alpha value is -1.66. The summed E-state index contributed by atoms with van der Waals surface area (Å²) in [4.78, 5) is 12.7. The normalized spacial score (nSPS) is 10.7. The first kappa shape index (κ1) is 14.7. The molecular weight excluding hydrogens is 340 g/mol. The molecule has 104 valence electrons. The van der Waals surface area contributed by atoms with Gasteiger partial charge in [-0.2, -0.15) is 5.10 Å². The van der Waals surface area contributed by atoms with Gasteiger partial charge < -0.3 is 4.74 Å². The molecule has 1 N–H and O–H groups in total. The lowest BCUT2D eigenvalue weighted by atomic mass is 10.2. The maximum Gasteiger partial charge on any atom is 0.245 e. The number of methoxy groups -OCH3 is 1. The van der Waals surface area contributed by atoms with Gasteiger partial charge in [-0.15, -0.1) is 11.3 Å². The Morgan fingerprint density at radius 2 is 2.35 bits per heavy atom. The Morgan fingerprint density at radius 1 is 1.50 bits per heavy atom. The van der Waals surface area contributed by atoms with E-state index in [2.05, 4.69) is 26.5 Å². The summed E-state index contributed by atoms with van der Waals surface area (Å²) in [7, 11) is 1.59. The summed E-state index contributed by atoms with van der Waals surface area (Å²) in [5.41, 5.74) is 3.30. The zero-order valence-corrected chi connectivity index (χ0v) is 13.2. The van der Waals surface area contributed by atoms with Gasteiger partial charge in [0.15, 0.2) is 0 Å². The maximum atomic E-state index is 11.7. The highest BCUT2D eigenvalue weighted by Crippen LogP contribution is 2.21. The molecule has 2 aromatic rings. The van der Waals surface area contributed by atoms with Crippen LogP contribution >= 0.6 is 27.3 Å². The minimum absolute atomic E-state index is 0.141. The minimum atomic E-state index is -0.141. The lowest BCUT2D eigenvalue weighted by Crippen LogP contribution is -2.19. The SMILES string of the molecule is COc1ccc(Br)cc1C=NNC(=O)Cc1cccs1. The summed E-state index contributed by atoms with van der Waals surface area (Å²) in [5.74, 6) is 0.558. The molecule has 6 heteroatoms. The molecule has 20 heavy (non-hydrogen) atoms. The van der Waals surface area contributed by atoms with E-state index in [1.807, 2.05) is 35.7 Å². The predicted molar refractivity (Wildman–Crippen MR) is 84.5 cm³/mol. The summed E-state index contributed by atoms with van der Waals surface area (Å²) in [6.45, 7) is 0. The number of amides is 1. The molecule has 0 aliphatic rings. The first-order chi connectivity index (χ1) is 9.69. The maximum absolute atomic E-state index is 11.7. The fourth-order valence-electron chi connectivity index (χ4n) is 1.59. The number of ether oxygens (including phenoxy) is 1. The van der Waals surface area contributed by atoms with Crippen molar-refractivity contribution in [1.29, 1.82) is 0 Å². The van der Waals surface area contributed by atoms with Gasteiger partial charge in [0, 0.05) is 14.9 Å². The van der Waals surface area contributed by atoms with E-state index in [0.717, 1.165) is 14.9 Å². The summed E-state index contributed by atoms with van der Waals surface area (Å²) < 4.78 is 6.14. The topological polar surface area (TPSA) is 50.7 Å². The van der Waals surface area contributed by atoms with Crippen LogP contribution in [0.15, 0.2) is 45.3 Å². The summed E-state index contributed by atoms with van der Waals surface area (Å²) in [5, 5.41) is 5.89. The van der Waals surface area contributed by atoms with Gasteiger partial charge in [-0.1, -0.05) is 22.0 Å². The molecule has 1 amide bonds. The van der Waals surface area contributed by atoms with Crippen LogP contribution < -0.4 is 10.2 Å². The van der Waals surface area contributed by atoms with Gasteiger partial charge >= 0.3 is 0 Å². The van der Waals surface area contributed by atoms with E-state index in [1.54, 1.807) is 24.7 Å². The number of nitrogens with one attached hydrogen (secondary N) is 1. The number of hydrogen-bond donors (Lipinski definition) is 1. The third-order valence-corrected chi connectivity index (χ3v) is 3.87. The van der Waals surface area contributed by atoms with E-state index in [9.17, 15) is 4.79 Å². The summed E-state index contributed by atoms with van der Waals surface area (Å²) >= 11 is 4.93. The lowest BCUT2D eigenvalue weighted by molar-refractivity contribution is -0.120. The van der Waals surface area contributed by atoms with Crippen molar-refractivity contribution < 1.29 is 9.53 Å². The van der Waals surface area contributed by atoms with Crippen molar-refractivity contribution in [3.8, 4) is 5.75 Å². The number of rotatable bonds is 5. The second-order valence-corrected chi connectivity index (χ2v) is 5.88. The Kier molecular flexibility index (Phi) is 5.31. The monoisotopic (exact) mass is 352 g/mol. The number of carbonyl (C=O) groups excluding carboxylic acids is 1. The number of thiophene rings is 1. The second kappa shape index (κ2) is 7.21. The first-order valence-corrected chi connectivity index (χ1v) is 7.54. The van der Waals surface area contributed by atoms with Crippen LogP contribution in [0.5, 0.6) is 5.75 Å². The van der Waals surface area contributed by atoms with Gasteiger partial charge in [0.2, 0.25) is 5.91 Å². The van der Waals surface area contributed by atoms with E-state index in [4.69, 9.17) is 4.74 Å². The van der Waals surface area contributed by atoms with Crippen molar-refractivity contribution in [2.75, 3.05) is 7.11 Å². The number of hydrogen-bond acceptors (Lipinski definition) is 4. The van der Waals surface area contributed by atoms with E-state index >= 15 is 0 Å². The van der Waals surface area contributed by atoms with Gasteiger partial charge in [0.25, 0.3) is 0 Å². The Bertz CT molecular complexity index is 612. The highest BCUT2D eigenvalue weighted by molar-refractivity contribution is 9.10. The number of halogens is 1. The number of carbonyl (C=O) groups is 1. The van der Waals surface area contributed by atoms with Crippen molar-refractivity contribution in [3.05, 3.63) is 50.6 Å². The molecule has 1 aromatic carbocycles. The molecular formula is C14H13BrN2O2S. The third kappa shape index (κ3) is 4.18. The molecule has 4 nitrogen and oxygen atoms in total. The Labute approximate surface area is 129 Å². The van der Waals surface area contributed by atoms with Crippen molar-refractivity contribution in [1.82, 2.24) is 5.43 Å². The van der Waals surface area contributed by atoms with Crippen molar-refractivity contribution in [3.63, 3.8) is 0 Å². The molecule has 0 atom stereocenters. The molecule has 1 heterocycles. The van der Waals surface area contributed by atoms with E-state index in [-0.39, 0.29) is 5.91 Å². The van der Waals surface area contributed by atoms with Gasteiger partial charge in [-0.05, 0) is 29.6 Å². The molecule has 0 unspecified atom stereocenters. The largest absolute Gasteiger partial charge is 0.496 e. The van der Waals surface area contributed by atoms with Gasteiger partial charge in [0.1, 0.15) is 5.75 Å². The second-order valence-electron chi connectivity index (χ2n) is 3.94. The van der Waals surface area contributed by atoms with Crippen LogP contribution in [0.3, 0.4) is 0 Å². The molecule has 0 bridgehead atoms. The third-order valence-electron chi connectivity index (χ3n) is 2.50. The van der Waals surface area contributed by atoms with Crippen LogP contribution in [0.4, 0.5) is 0 Å². The average molecular weight is 353 g/mol. The molecule has 0 fully saturated rings. The lowest BCUT2D eigenvalue weighted by Gasteiger charge is -2.04. The number of benzene rings is 1. The standard InChI is InChI=1S/C14H13BrN2O2S/c1-19-13-5-4-11(15)7-10(13)9-16-17-14(18)8-12-3-2-6-20-12/h2-7,9H,8H2,1H3,(H,17,18). The van der Waals surface area contributed by atoms with Crippen LogP contribution in [-0.4, -0.2) is 19.2 Å². The highest BCUT2D eigenvalue weighted by atomic mass is 79.9. The molecule has 2 rings (SSSR count). The van der Waals surface area contributed by atoms with Crippen LogP contribution in [-0.2, 0) is 11.2 Å². The van der Waals surface area contributed by atoms with Gasteiger partial charge in [-0.25, -0.2) is 5.43 Å². The van der Waals surface area contributed by atoms with E-state index in [0.29, 0.717) is 12.2 Å². The minimum Gasteiger partial charge on any atom is -0.496 e. The Morgan fingerprint density at radius 3 is 3.05 bits per heavy atom. The molecule has 0 aliphatic carbocycles. The zero-order chi connectivity index (χ0) is 14.4. The van der Waals surface area contributed by atoms with Crippen LogP contribution in [0.1, 0.15) is 10.4 Å². The molecule has 0 radical (unpaired) electrons. The molecule has 0 spiro atoms. The molecule has 0 aliphatic heterocycles. The van der Waals surface area contributed by atoms with Crippen molar-refractivity contribution in [2.45, 2.75) is 6.42 Å².